The van der Waals surface area contributed by atoms with Crippen molar-refractivity contribution < 1.29 is 14.0 Å². The number of aryl methyl sites for hydroxylation is 1. The Hall–Kier alpha value is -3.48. The van der Waals surface area contributed by atoms with Gasteiger partial charge < -0.3 is 14.6 Å². The molecular formula is C21H22N4O3. The molecular weight excluding hydrogens is 356 g/mol. The fourth-order valence-electron chi connectivity index (χ4n) is 2.64. The third kappa shape index (κ3) is 5.51. The molecule has 7 heteroatoms. The zero-order valence-corrected chi connectivity index (χ0v) is 15.7. The Kier molecular flexibility index (Phi) is 6.51. The minimum Gasteiger partial charge on any atom is -0.467 e. The van der Waals surface area contributed by atoms with Gasteiger partial charge in [-0.3, -0.25) is 14.6 Å². The molecule has 0 spiro atoms. The minimum absolute atomic E-state index is 0.155. The Morgan fingerprint density at radius 3 is 2.57 bits per heavy atom. The number of amides is 2. The van der Waals surface area contributed by atoms with Gasteiger partial charge in [-0.2, -0.15) is 0 Å². The van der Waals surface area contributed by atoms with Crippen LogP contribution in [0.15, 0.2) is 65.5 Å². The lowest BCUT2D eigenvalue weighted by Gasteiger charge is -2.22. The van der Waals surface area contributed by atoms with E-state index >= 15 is 0 Å². The lowest BCUT2D eigenvalue weighted by molar-refractivity contribution is -0.121. The summed E-state index contributed by atoms with van der Waals surface area (Å²) in [4.78, 5) is 35.0. The maximum atomic E-state index is 12.9. The van der Waals surface area contributed by atoms with Gasteiger partial charge in [-0.25, -0.2) is 4.98 Å². The van der Waals surface area contributed by atoms with E-state index in [1.807, 2.05) is 37.3 Å². The van der Waals surface area contributed by atoms with Gasteiger partial charge >= 0.3 is 0 Å². The highest BCUT2D eigenvalue weighted by Gasteiger charge is 2.19. The van der Waals surface area contributed by atoms with E-state index in [1.54, 1.807) is 29.5 Å². The summed E-state index contributed by atoms with van der Waals surface area (Å²) in [7, 11) is 0. The smallest absolute Gasteiger partial charge is 0.274 e. The molecule has 0 saturated heterocycles. The molecule has 2 heterocycles. The van der Waals surface area contributed by atoms with Crippen LogP contribution in [0.1, 0.15) is 33.9 Å². The van der Waals surface area contributed by atoms with Crippen LogP contribution in [-0.2, 0) is 17.9 Å². The number of rotatable bonds is 8. The van der Waals surface area contributed by atoms with Crippen LogP contribution in [0.25, 0.3) is 0 Å². The molecule has 0 aliphatic rings. The minimum atomic E-state index is -0.254. The van der Waals surface area contributed by atoms with Crippen molar-refractivity contribution in [2.75, 3.05) is 6.54 Å². The molecule has 1 N–H and O–H groups in total. The van der Waals surface area contributed by atoms with Crippen molar-refractivity contribution in [1.82, 2.24) is 20.2 Å². The van der Waals surface area contributed by atoms with Gasteiger partial charge in [0.05, 0.1) is 24.7 Å². The largest absolute Gasteiger partial charge is 0.467 e. The van der Waals surface area contributed by atoms with Gasteiger partial charge in [0.1, 0.15) is 11.5 Å². The van der Waals surface area contributed by atoms with E-state index in [0.29, 0.717) is 18.8 Å². The number of hydrogen-bond acceptors (Lipinski definition) is 5. The standard InChI is InChI=1S/C21H22N4O3/c1-16-12-23-19(14-22-16)21(27)25(15-17-6-3-2-4-7-17)10-9-20(26)24-13-18-8-5-11-28-18/h2-8,11-12,14H,9-10,13,15H2,1H3,(H,24,26). The molecule has 3 rings (SSSR count). The molecule has 28 heavy (non-hydrogen) atoms. The third-order valence-electron chi connectivity index (χ3n) is 4.15. The fourth-order valence-corrected chi connectivity index (χ4v) is 2.64. The molecule has 2 aromatic heterocycles. The van der Waals surface area contributed by atoms with E-state index in [-0.39, 0.29) is 30.5 Å². The summed E-state index contributed by atoms with van der Waals surface area (Å²) in [5.74, 6) is 0.271. The second kappa shape index (κ2) is 9.45. The first-order chi connectivity index (χ1) is 13.6. The maximum absolute atomic E-state index is 12.9. The van der Waals surface area contributed by atoms with Crippen LogP contribution in [0.3, 0.4) is 0 Å². The number of hydrogen-bond donors (Lipinski definition) is 1. The first-order valence-electron chi connectivity index (χ1n) is 9.03. The van der Waals surface area contributed by atoms with Crippen LogP contribution < -0.4 is 5.32 Å². The van der Waals surface area contributed by atoms with Gasteiger partial charge in [-0.1, -0.05) is 30.3 Å². The number of benzene rings is 1. The van der Waals surface area contributed by atoms with Gasteiger partial charge in [0.15, 0.2) is 0 Å². The van der Waals surface area contributed by atoms with Crippen molar-refractivity contribution in [1.29, 1.82) is 0 Å². The molecule has 0 saturated carbocycles. The Labute approximate surface area is 163 Å². The molecule has 144 valence electrons. The second-order valence-electron chi connectivity index (χ2n) is 6.36. The third-order valence-corrected chi connectivity index (χ3v) is 4.15. The molecule has 0 aliphatic heterocycles. The quantitative estimate of drug-likeness (QED) is 0.651. The van der Waals surface area contributed by atoms with Crippen LogP contribution in [0.5, 0.6) is 0 Å². The summed E-state index contributed by atoms with van der Waals surface area (Å²) in [5, 5.41) is 2.79. The molecule has 2 amide bonds. The predicted octanol–water partition coefficient (Wildman–Crippen LogP) is 2.73. The predicted molar refractivity (Wildman–Crippen MR) is 103 cm³/mol. The molecule has 3 aromatic rings. The molecule has 1 aromatic carbocycles. The van der Waals surface area contributed by atoms with Gasteiger partial charge in [0, 0.05) is 25.7 Å². The Morgan fingerprint density at radius 1 is 1.07 bits per heavy atom. The Balaban J connectivity index is 1.64. The summed E-state index contributed by atoms with van der Waals surface area (Å²) < 4.78 is 5.20. The van der Waals surface area contributed by atoms with Crippen molar-refractivity contribution in [3.63, 3.8) is 0 Å². The monoisotopic (exact) mass is 378 g/mol. The van der Waals surface area contributed by atoms with E-state index in [9.17, 15) is 9.59 Å². The summed E-state index contributed by atoms with van der Waals surface area (Å²) in [5.41, 5.74) is 1.98. The van der Waals surface area contributed by atoms with Crippen molar-refractivity contribution >= 4 is 11.8 Å². The number of aromatic nitrogens is 2. The van der Waals surface area contributed by atoms with Gasteiger partial charge in [-0.05, 0) is 24.6 Å². The van der Waals surface area contributed by atoms with Gasteiger partial charge in [-0.15, -0.1) is 0 Å². The Bertz CT molecular complexity index is 893. The number of carbonyl (C=O) groups excluding carboxylic acids is 2. The number of furan rings is 1. The summed E-state index contributed by atoms with van der Waals surface area (Å²) in [6, 6.07) is 13.2. The first-order valence-corrected chi connectivity index (χ1v) is 9.03. The lowest BCUT2D eigenvalue weighted by atomic mass is 10.2. The highest BCUT2D eigenvalue weighted by molar-refractivity contribution is 5.92. The number of nitrogens with one attached hydrogen (secondary N) is 1. The van der Waals surface area contributed by atoms with Crippen LogP contribution in [0.4, 0.5) is 0 Å². The maximum Gasteiger partial charge on any atom is 0.274 e. The van der Waals surface area contributed by atoms with E-state index in [1.165, 1.54) is 6.20 Å². The topological polar surface area (TPSA) is 88.3 Å². The molecule has 7 nitrogen and oxygen atoms in total. The van der Waals surface area contributed by atoms with Crippen LogP contribution in [0.2, 0.25) is 0 Å². The highest BCUT2D eigenvalue weighted by atomic mass is 16.3. The summed E-state index contributed by atoms with van der Waals surface area (Å²) in [6.07, 6.45) is 4.76. The Morgan fingerprint density at radius 2 is 1.89 bits per heavy atom. The second-order valence-corrected chi connectivity index (χ2v) is 6.36. The van der Waals surface area contributed by atoms with E-state index < -0.39 is 0 Å². The number of carbonyl (C=O) groups is 2. The van der Waals surface area contributed by atoms with Gasteiger partial charge in [0.2, 0.25) is 5.91 Å². The van der Waals surface area contributed by atoms with Gasteiger partial charge in [0.25, 0.3) is 5.91 Å². The van der Waals surface area contributed by atoms with Crippen LogP contribution >= 0.6 is 0 Å². The summed E-state index contributed by atoms with van der Waals surface area (Å²) >= 11 is 0. The van der Waals surface area contributed by atoms with Crippen molar-refractivity contribution in [2.24, 2.45) is 0 Å². The van der Waals surface area contributed by atoms with Crippen molar-refractivity contribution in [3.8, 4) is 0 Å². The molecule has 0 atom stereocenters. The zero-order chi connectivity index (χ0) is 19.8. The fraction of sp³-hybridized carbons (Fsp3) is 0.238. The number of nitrogens with zero attached hydrogens (tertiary/aromatic N) is 3. The first kappa shape index (κ1) is 19.3. The van der Waals surface area contributed by atoms with E-state index in [4.69, 9.17) is 4.42 Å². The van der Waals surface area contributed by atoms with Crippen molar-refractivity contribution in [3.05, 3.63) is 83.8 Å². The van der Waals surface area contributed by atoms with Crippen LogP contribution in [-0.4, -0.2) is 33.2 Å². The molecule has 0 bridgehead atoms. The SMILES string of the molecule is Cc1cnc(C(=O)N(CCC(=O)NCc2ccco2)Cc2ccccc2)cn1. The normalized spacial score (nSPS) is 10.5. The van der Waals surface area contributed by atoms with E-state index in [2.05, 4.69) is 15.3 Å². The highest BCUT2D eigenvalue weighted by Crippen LogP contribution is 2.10. The van der Waals surface area contributed by atoms with Crippen molar-refractivity contribution in [2.45, 2.75) is 26.4 Å². The van der Waals surface area contributed by atoms with E-state index in [0.717, 1.165) is 11.3 Å². The molecule has 0 unspecified atom stereocenters. The average molecular weight is 378 g/mol. The van der Waals surface area contributed by atoms with Crippen LogP contribution in [0, 0.1) is 6.92 Å². The average Bonchev–Trinajstić information content (AvgIpc) is 3.24. The lowest BCUT2D eigenvalue weighted by Crippen LogP contribution is -2.35. The molecule has 0 aliphatic carbocycles. The molecule has 0 radical (unpaired) electrons. The summed E-state index contributed by atoms with van der Waals surface area (Å²) in [6.45, 7) is 2.79. The molecule has 0 fully saturated rings. The zero-order valence-electron chi connectivity index (χ0n) is 15.7.